The molecule has 1 aromatic carbocycles. The standard InChI is InChI=1S/C15H20N2OS/c1-3-5-13-17-14(15(16)19-13)11-6-8-12(9-7-11)18-10-4-2/h6-9H,3-5,10,16H2,1-2H3. The summed E-state index contributed by atoms with van der Waals surface area (Å²) in [5.74, 6) is 0.896. The van der Waals surface area contributed by atoms with Crippen molar-refractivity contribution < 1.29 is 4.74 Å². The van der Waals surface area contributed by atoms with Crippen LogP contribution in [0.2, 0.25) is 0 Å². The minimum Gasteiger partial charge on any atom is -0.494 e. The number of anilines is 1. The molecular formula is C15H20N2OS. The SMILES string of the molecule is CCCOc1ccc(-c2nc(CCC)sc2N)cc1. The normalized spacial score (nSPS) is 10.6. The number of nitrogens with zero attached hydrogens (tertiary/aromatic N) is 1. The van der Waals surface area contributed by atoms with E-state index in [0.29, 0.717) is 0 Å². The number of nitrogen functional groups attached to an aromatic ring is 1. The van der Waals surface area contributed by atoms with Crippen molar-refractivity contribution in [1.82, 2.24) is 4.98 Å². The van der Waals surface area contributed by atoms with Gasteiger partial charge in [-0.05, 0) is 43.5 Å². The number of ether oxygens (including phenoxy) is 1. The second-order valence-electron chi connectivity index (χ2n) is 4.44. The molecule has 2 aromatic rings. The molecule has 3 nitrogen and oxygen atoms in total. The Kier molecular flexibility index (Phi) is 4.80. The van der Waals surface area contributed by atoms with Crippen molar-refractivity contribution >= 4 is 16.3 Å². The van der Waals surface area contributed by atoms with Crippen LogP contribution < -0.4 is 10.5 Å². The molecule has 2 rings (SSSR count). The van der Waals surface area contributed by atoms with Gasteiger partial charge in [-0.25, -0.2) is 4.98 Å². The first kappa shape index (κ1) is 13.9. The predicted octanol–water partition coefficient (Wildman–Crippen LogP) is 4.13. The topological polar surface area (TPSA) is 48.1 Å². The van der Waals surface area contributed by atoms with Crippen LogP contribution in [0, 0.1) is 0 Å². The van der Waals surface area contributed by atoms with Gasteiger partial charge in [0.25, 0.3) is 0 Å². The Labute approximate surface area is 118 Å². The van der Waals surface area contributed by atoms with Crippen LogP contribution in [0.1, 0.15) is 31.7 Å². The Hall–Kier alpha value is -1.55. The van der Waals surface area contributed by atoms with Crippen LogP contribution in [0.4, 0.5) is 5.00 Å². The number of hydrogen-bond acceptors (Lipinski definition) is 4. The summed E-state index contributed by atoms with van der Waals surface area (Å²) in [5.41, 5.74) is 8.00. The molecule has 0 aliphatic rings. The number of aryl methyl sites for hydroxylation is 1. The molecule has 2 N–H and O–H groups in total. The Balaban J connectivity index is 2.17. The lowest BCUT2D eigenvalue weighted by Crippen LogP contribution is -1.94. The zero-order valence-electron chi connectivity index (χ0n) is 11.5. The number of nitrogens with two attached hydrogens (primary N) is 1. The minimum atomic E-state index is 0.749. The first-order valence-corrected chi connectivity index (χ1v) is 7.54. The largest absolute Gasteiger partial charge is 0.494 e. The maximum Gasteiger partial charge on any atom is 0.119 e. The average Bonchev–Trinajstić information content (AvgIpc) is 2.78. The van der Waals surface area contributed by atoms with Gasteiger partial charge in [0.15, 0.2) is 0 Å². The van der Waals surface area contributed by atoms with Crippen molar-refractivity contribution in [2.75, 3.05) is 12.3 Å². The van der Waals surface area contributed by atoms with Crippen LogP contribution in [-0.4, -0.2) is 11.6 Å². The van der Waals surface area contributed by atoms with Crippen LogP contribution in [-0.2, 0) is 6.42 Å². The molecule has 0 spiro atoms. The third-order valence-electron chi connectivity index (χ3n) is 2.76. The molecule has 1 aromatic heterocycles. The van der Waals surface area contributed by atoms with Crippen molar-refractivity contribution in [2.45, 2.75) is 33.1 Å². The first-order valence-electron chi connectivity index (χ1n) is 6.73. The molecule has 4 heteroatoms. The molecule has 0 aliphatic heterocycles. The van der Waals surface area contributed by atoms with E-state index in [1.807, 2.05) is 24.3 Å². The van der Waals surface area contributed by atoms with Crippen molar-refractivity contribution in [1.29, 1.82) is 0 Å². The summed E-state index contributed by atoms with van der Waals surface area (Å²) in [6.07, 6.45) is 3.10. The van der Waals surface area contributed by atoms with Crippen molar-refractivity contribution in [3.8, 4) is 17.0 Å². The van der Waals surface area contributed by atoms with E-state index in [0.717, 1.165) is 52.9 Å². The first-order chi connectivity index (χ1) is 9.24. The molecule has 0 saturated carbocycles. The van der Waals surface area contributed by atoms with Gasteiger partial charge < -0.3 is 10.5 Å². The van der Waals surface area contributed by atoms with Crippen LogP contribution in [0.5, 0.6) is 5.75 Å². The number of aromatic nitrogens is 1. The molecule has 0 unspecified atom stereocenters. The summed E-state index contributed by atoms with van der Waals surface area (Å²) in [5, 5.41) is 1.91. The molecule has 19 heavy (non-hydrogen) atoms. The van der Waals surface area contributed by atoms with Crippen LogP contribution in [0.3, 0.4) is 0 Å². The smallest absolute Gasteiger partial charge is 0.119 e. The van der Waals surface area contributed by atoms with Gasteiger partial charge in [0, 0.05) is 5.56 Å². The molecule has 0 fully saturated rings. The van der Waals surface area contributed by atoms with E-state index >= 15 is 0 Å². The van der Waals surface area contributed by atoms with E-state index in [2.05, 4.69) is 18.8 Å². The highest BCUT2D eigenvalue weighted by Gasteiger charge is 2.10. The van der Waals surface area contributed by atoms with Gasteiger partial charge in [0.2, 0.25) is 0 Å². The second-order valence-corrected chi connectivity index (χ2v) is 5.56. The Morgan fingerprint density at radius 1 is 1.16 bits per heavy atom. The van der Waals surface area contributed by atoms with Crippen molar-refractivity contribution in [2.24, 2.45) is 0 Å². The Morgan fingerprint density at radius 2 is 1.89 bits per heavy atom. The van der Waals surface area contributed by atoms with E-state index in [4.69, 9.17) is 10.5 Å². The van der Waals surface area contributed by atoms with Gasteiger partial charge >= 0.3 is 0 Å². The minimum absolute atomic E-state index is 0.749. The predicted molar refractivity (Wildman–Crippen MR) is 81.7 cm³/mol. The molecule has 1 heterocycles. The molecule has 0 radical (unpaired) electrons. The quantitative estimate of drug-likeness (QED) is 0.862. The molecular weight excluding hydrogens is 256 g/mol. The number of hydrogen-bond donors (Lipinski definition) is 1. The highest BCUT2D eigenvalue weighted by molar-refractivity contribution is 7.16. The lowest BCUT2D eigenvalue weighted by molar-refractivity contribution is 0.317. The third kappa shape index (κ3) is 3.47. The molecule has 0 atom stereocenters. The summed E-state index contributed by atoms with van der Waals surface area (Å²) < 4.78 is 5.57. The summed E-state index contributed by atoms with van der Waals surface area (Å²) >= 11 is 1.59. The van der Waals surface area contributed by atoms with E-state index in [9.17, 15) is 0 Å². The van der Waals surface area contributed by atoms with Gasteiger partial charge in [-0.15, -0.1) is 11.3 Å². The molecule has 0 saturated heterocycles. The highest BCUT2D eigenvalue weighted by Crippen LogP contribution is 2.32. The molecule has 0 amide bonds. The fraction of sp³-hybridized carbons (Fsp3) is 0.400. The van der Waals surface area contributed by atoms with E-state index in [1.165, 1.54) is 0 Å². The lowest BCUT2D eigenvalue weighted by Gasteiger charge is -2.05. The average molecular weight is 276 g/mol. The second kappa shape index (κ2) is 6.57. The van der Waals surface area contributed by atoms with Gasteiger partial charge in [0.05, 0.1) is 11.6 Å². The molecule has 102 valence electrons. The zero-order valence-corrected chi connectivity index (χ0v) is 12.3. The summed E-state index contributed by atoms with van der Waals surface area (Å²) in [4.78, 5) is 4.61. The monoisotopic (exact) mass is 276 g/mol. The van der Waals surface area contributed by atoms with E-state index in [1.54, 1.807) is 11.3 Å². The van der Waals surface area contributed by atoms with Gasteiger partial charge in [0.1, 0.15) is 16.4 Å². The third-order valence-corrected chi connectivity index (χ3v) is 3.71. The van der Waals surface area contributed by atoms with Crippen LogP contribution >= 0.6 is 11.3 Å². The van der Waals surface area contributed by atoms with Gasteiger partial charge in [-0.3, -0.25) is 0 Å². The van der Waals surface area contributed by atoms with Crippen molar-refractivity contribution in [3.05, 3.63) is 29.3 Å². The number of benzene rings is 1. The summed E-state index contributed by atoms with van der Waals surface area (Å²) in [6.45, 7) is 5.00. The Morgan fingerprint density at radius 3 is 2.53 bits per heavy atom. The highest BCUT2D eigenvalue weighted by atomic mass is 32.1. The van der Waals surface area contributed by atoms with Gasteiger partial charge in [-0.2, -0.15) is 0 Å². The maximum atomic E-state index is 6.05. The molecule has 0 bridgehead atoms. The Bertz CT molecular complexity index is 519. The van der Waals surface area contributed by atoms with E-state index in [-0.39, 0.29) is 0 Å². The fourth-order valence-corrected chi connectivity index (χ4v) is 2.79. The van der Waals surface area contributed by atoms with Crippen LogP contribution in [0.15, 0.2) is 24.3 Å². The lowest BCUT2D eigenvalue weighted by atomic mass is 10.1. The van der Waals surface area contributed by atoms with Crippen molar-refractivity contribution in [3.63, 3.8) is 0 Å². The number of rotatable bonds is 6. The summed E-state index contributed by atoms with van der Waals surface area (Å²) in [7, 11) is 0. The summed E-state index contributed by atoms with van der Waals surface area (Å²) in [6, 6.07) is 7.99. The van der Waals surface area contributed by atoms with Crippen LogP contribution in [0.25, 0.3) is 11.3 Å². The maximum absolute atomic E-state index is 6.05. The van der Waals surface area contributed by atoms with Gasteiger partial charge in [-0.1, -0.05) is 13.8 Å². The van der Waals surface area contributed by atoms with E-state index < -0.39 is 0 Å². The fourth-order valence-electron chi connectivity index (χ4n) is 1.83. The zero-order chi connectivity index (χ0) is 13.7. The number of thiazole rings is 1. The molecule has 0 aliphatic carbocycles.